The number of aromatic nitrogens is 4. The minimum absolute atomic E-state index is 0.00294. The SMILES string of the molecule is COC(=O)c1ccc([C@H](C)NC(=O)c2c(C)nn3c2N(Cc2cccc(CO)c2)CC3)cc1.Cc1nn2c(c1C(=O)N[C@@H](C)c1ccc(C(=O)O)cc1)N(Cc1cccc(CO)c1)CC2. The third-order valence-corrected chi connectivity index (χ3v) is 11.7. The van der Waals surface area contributed by atoms with E-state index in [0.29, 0.717) is 54.3 Å². The van der Waals surface area contributed by atoms with Crippen LogP contribution >= 0.6 is 0 Å². The van der Waals surface area contributed by atoms with Crippen LogP contribution in [-0.4, -0.2) is 78.8 Å². The summed E-state index contributed by atoms with van der Waals surface area (Å²) in [6, 6.07) is 28.5. The summed E-state index contributed by atoms with van der Waals surface area (Å²) >= 11 is 0. The molecule has 0 fully saturated rings. The number of anilines is 2. The summed E-state index contributed by atoms with van der Waals surface area (Å²) in [4.78, 5) is 53.5. The number of carbonyl (C=O) groups is 4. The van der Waals surface area contributed by atoms with E-state index in [1.807, 2.05) is 97.7 Å². The average molecular weight is 883 g/mol. The molecular weight excluding hydrogens is 829 g/mol. The largest absolute Gasteiger partial charge is 0.478 e. The van der Waals surface area contributed by atoms with Crippen LogP contribution in [0.5, 0.6) is 0 Å². The van der Waals surface area contributed by atoms with E-state index in [1.54, 1.807) is 24.3 Å². The van der Waals surface area contributed by atoms with E-state index in [1.165, 1.54) is 19.2 Å². The number of methoxy groups -OCH3 is 1. The van der Waals surface area contributed by atoms with Gasteiger partial charge in [0.05, 0.1) is 68.0 Å². The van der Waals surface area contributed by atoms with Gasteiger partial charge in [0.1, 0.15) is 22.8 Å². The number of ether oxygens (including phenoxy) is 1. The normalized spacial score (nSPS) is 13.6. The van der Waals surface area contributed by atoms with Gasteiger partial charge in [0.2, 0.25) is 0 Å². The Balaban J connectivity index is 0.000000194. The molecule has 0 bridgehead atoms. The van der Waals surface area contributed by atoms with E-state index < -0.39 is 11.9 Å². The fourth-order valence-corrected chi connectivity index (χ4v) is 8.31. The van der Waals surface area contributed by atoms with Crippen LogP contribution in [0.25, 0.3) is 0 Å². The summed E-state index contributed by atoms with van der Waals surface area (Å²) in [5.74, 6) is -0.169. The minimum Gasteiger partial charge on any atom is -0.478 e. The first-order valence-electron chi connectivity index (χ1n) is 21.4. The fourth-order valence-electron chi connectivity index (χ4n) is 8.31. The summed E-state index contributed by atoms with van der Waals surface area (Å²) in [5.41, 5.74) is 8.69. The molecule has 6 aromatic rings. The summed E-state index contributed by atoms with van der Waals surface area (Å²) in [7, 11) is 1.35. The number of aromatic carboxylic acids is 1. The molecule has 2 aromatic heterocycles. The van der Waals surface area contributed by atoms with Crippen LogP contribution in [0.1, 0.15) is 112 Å². The molecule has 8 rings (SSSR count). The van der Waals surface area contributed by atoms with Crippen molar-refractivity contribution in [3.8, 4) is 0 Å². The van der Waals surface area contributed by atoms with Crippen LogP contribution < -0.4 is 20.4 Å². The maximum atomic E-state index is 13.3. The Labute approximate surface area is 377 Å². The summed E-state index contributed by atoms with van der Waals surface area (Å²) in [6.45, 7) is 11.6. The number of rotatable bonds is 14. The standard InChI is InChI=1S/C25H28N4O4.C24H26N4O4/c1-16(20-7-9-21(10-8-20)25(32)33-3)26-23(31)22-17(2)27-29-12-11-28(24(22)29)14-18-5-4-6-19(13-18)15-30;1-15(19-6-8-20(9-7-19)24(31)32)25-22(30)21-16(2)26-28-11-10-27(23(21)28)13-17-4-3-5-18(12-17)14-29/h4-10,13,16,30H,11-12,14-15H2,1-3H3,(H,26,31);3-9,12,15,29H,10-11,13-14H2,1-2H3,(H,25,30)(H,31,32)/t16-;15-/m00/s1. The molecule has 2 atom stereocenters. The number of esters is 1. The lowest BCUT2D eigenvalue weighted by Crippen LogP contribution is -2.29. The second kappa shape index (κ2) is 20.0. The molecule has 65 heavy (non-hydrogen) atoms. The van der Waals surface area contributed by atoms with Crippen molar-refractivity contribution in [1.29, 1.82) is 0 Å². The zero-order chi connectivity index (χ0) is 46.4. The molecule has 5 N–H and O–H groups in total. The predicted octanol–water partition coefficient (Wildman–Crippen LogP) is 5.87. The highest BCUT2D eigenvalue weighted by Crippen LogP contribution is 2.32. The van der Waals surface area contributed by atoms with E-state index in [2.05, 4.69) is 30.6 Å². The number of hydrogen-bond donors (Lipinski definition) is 5. The maximum Gasteiger partial charge on any atom is 0.337 e. The van der Waals surface area contributed by atoms with Crippen LogP contribution in [-0.2, 0) is 44.1 Å². The second-order valence-corrected chi connectivity index (χ2v) is 16.2. The number of amides is 2. The molecule has 4 heterocycles. The first kappa shape index (κ1) is 45.7. The molecule has 2 amide bonds. The summed E-state index contributed by atoms with van der Waals surface area (Å²) < 4.78 is 8.49. The van der Waals surface area contributed by atoms with Crippen molar-refractivity contribution in [2.75, 3.05) is 30.0 Å². The number of benzene rings is 4. The average Bonchev–Trinajstić information content (AvgIpc) is 4.06. The van der Waals surface area contributed by atoms with Crippen LogP contribution in [0.2, 0.25) is 0 Å². The first-order valence-corrected chi connectivity index (χ1v) is 21.4. The zero-order valence-electron chi connectivity index (χ0n) is 37.1. The third kappa shape index (κ3) is 10.2. The molecule has 0 unspecified atom stereocenters. The van der Waals surface area contributed by atoms with Gasteiger partial charge in [0.25, 0.3) is 11.8 Å². The van der Waals surface area contributed by atoms with Gasteiger partial charge in [0.15, 0.2) is 0 Å². The molecule has 16 heteroatoms. The van der Waals surface area contributed by atoms with Gasteiger partial charge in [0, 0.05) is 26.2 Å². The van der Waals surface area contributed by atoms with Crippen LogP contribution in [0.4, 0.5) is 11.6 Å². The zero-order valence-corrected chi connectivity index (χ0v) is 37.1. The molecular formula is C49H54N8O8. The topological polar surface area (TPSA) is 204 Å². The lowest BCUT2D eigenvalue weighted by molar-refractivity contribution is 0.0599. The number of aryl methyl sites for hydroxylation is 2. The number of nitrogens with one attached hydrogen (secondary N) is 2. The van der Waals surface area contributed by atoms with Gasteiger partial charge in [-0.15, -0.1) is 0 Å². The van der Waals surface area contributed by atoms with Crippen molar-refractivity contribution < 1.29 is 39.2 Å². The van der Waals surface area contributed by atoms with Gasteiger partial charge in [-0.05, 0) is 85.3 Å². The second-order valence-electron chi connectivity index (χ2n) is 16.2. The number of fused-ring (bicyclic) bond motifs is 2. The van der Waals surface area contributed by atoms with E-state index in [9.17, 15) is 29.4 Å². The highest BCUT2D eigenvalue weighted by atomic mass is 16.5. The van der Waals surface area contributed by atoms with Crippen molar-refractivity contribution in [3.05, 3.63) is 164 Å². The van der Waals surface area contributed by atoms with Crippen molar-refractivity contribution in [1.82, 2.24) is 30.2 Å². The van der Waals surface area contributed by atoms with Crippen LogP contribution in [0.15, 0.2) is 97.1 Å². The van der Waals surface area contributed by atoms with Gasteiger partial charge in [-0.2, -0.15) is 10.2 Å². The third-order valence-electron chi connectivity index (χ3n) is 11.7. The van der Waals surface area contributed by atoms with Crippen molar-refractivity contribution in [2.24, 2.45) is 0 Å². The smallest absolute Gasteiger partial charge is 0.337 e. The predicted molar refractivity (Wildman–Crippen MR) is 244 cm³/mol. The molecule has 0 saturated carbocycles. The molecule has 2 aliphatic heterocycles. The molecule has 2 aliphatic rings. The first-order chi connectivity index (χ1) is 31.3. The van der Waals surface area contributed by atoms with Gasteiger partial charge in [-0.3, -0.25) is 9.59 Å². The van der Waals surface area contributed by atoms with Gasteiger partial charge in [-0.1, -0.05) is 72.8 Å². The number of aliphatic hydroxyl groups is 2. The Morgan fingerprint density at radius 3 is 1.40 bits per heavy atom. The number of aliphatic hydroxyl groups excluding tert-OH is 2. The fraction of sp³-hybridized carbons (Fsp3) is 0.306. The van der Waals surface area contributed by atoms with E-state index in [4.69, 9.17) is 9.84 Å². The van der Waals surface area contributed by atoms with Crippen LogP contribution in [0.3, 0.4) is 0 Å². The van der Waals surface area contributed by atoms with Crippen molar-refractivity contribution >= 4 is 35.4 Å². The highest BCUT2D eigenvalue weighted by Gasteiger charge is 2.32. The Morgan fingerprint density at radius 1 is 0.615 bits per heavy atom. The Kier molecular flexibility index (Phi) is 14.1. The molecule has 4 aromatic carbocycles. The Hall–Kier alpha value is -7.30. The van der Waals surface area contributed by atoms with Gasteiger partial charge < -0.3 is 40.5 Å². The van der Waals surface area contributed by atoms with Crippen molar-refractivity contribution in [2.45, 2.75) is 79.2 Å². The summed E-state index contributed by atoms with van der Waals surface area (Å²) in [6.07, 6.45) is 0. The van der Waals surface area contributed by atoms with Crippen molar-refractivity contribution in [3.63, 3.8) is 0 Å². The highest BCUT2D eigenvalue weighted by molar-refractivity contribution is 6.01. The number of carbonyl (C=O) groups excluding carboxylic acids is 3. The van der Waals surface area contributed by atoms with Gasteiger partial charge in [-0.25, -0.2) is 19.0 Å². The summed E-state index contributed by atoms with van der Waals surface area (Å²) in [5, 5.41) is 43.1. The number of nitrogens with zero attached hydrogens (tertiary/aromatic N) is 6. The number of hydrogen-bond acceptors (Lipinski definition) is 11. The van der Waals surface area contributed by atoms with E-state index >= 15 is 0 Å². The lowest BCUT2D eigenvalue weighted by Gasteiger charge is -2.20. The molecule has 0 aliphatic carbocycles. The molecule has 0 saturated heterocycles. The van der Waals surface area contributed by atoms with Crippen LogP contribution in [0, 0.1) is 13.8 Å². The molecule has 0 spiro atoms. The minimum atomic E-state index is -0.982. The van der Waals surface area contributed by atoms with Gasteiger partial charge >= 0.3 is 11.9 Å². The molecule has 0 radical (unpaired) electrons. The quantitative estimate of drug-likeness (QED) is 0.0815. The van der Waals surface area contributed by atoms with E-state index in [-0.39, 0.29) is 42.7 Å². The monoisotopic (exact) mass is 882 g/mol. The molecule has 338 valence electrons. The Bertz CT molecular complexity index is 2690. The maximum absolute atomic E-state index is 13.3. The van der Waals surface area contributed by atoms with E-state index in [0.717, 1.165) is 58.1 Å². The Morgan fingerprint density at radius 2 is 1.02 bits per heavy atom. The number of carboxylic acid groups (broad SMARTS) is 1. The lowest BCUT2D eigenvalue weighted by atomic mass is 10.1. The molecule has 16 nitrogen and oxygen atoms in total. The number of carboxylic acids is 1.